The summed E-state index contributed by atoms with van der Waals surface area (Å²) < 4.78 is 61.8. The van der Waals surface area contributed by atoms with Crippen LogP contribution in [-0.4, -0.2) is 124 Å². The van der Waals surface area contributed by atoms with E-state index >= 15 is 0 Å². The maximum atomic E-state index is 12.6. The predicted molar refractivity (Wildman–Crippen MR) is 168 cm³/mol. The maximum Gasteiger partial charge on any atom is 0.481 e. The van der Waals surface area contributed by atoms with Gasteiger partial charge in [0.15, 0.2) is 17.7 Å². The van der Waals surface area contributed by atoms with Gasteiger partial charge in [0.1, 0.15) is 36.3 Å². The van der Waals surface area contributed by atoms with E-state index in [2.05, 4.69) is 34.4 Å². The molecule has 1 aliphatic heterocycles. The Balaban J connectivity index is 1.59. The number of carbonyl (C=O) groups excluding carboxylic acids is 2. The van der Waals surface area contributed by atoms with Crippen molar-refractivity contribution in [2.24, 2.45) is 5.41 Å². The lowest BCUT2D eigenvalue weighted by atomic mass is 9.87. The van der Waals surface area contributed by atoms with E-state index in [1.54, 1.807) is 0 Å². The molecule has 0 aromatic carbocycles. The number of aromatic nitrogens is 4. The molecule has 1 saturated heterocycles. The largest absolute Gasteiger partial charge is 0.481 e. The Labute approximate surface area is 282 Å². The van der Waals surface area contributed by atoms with E-state index in [1.807, 2.05) is 6.26 Å². The summed E-state index contributed by atoms with van der Waals surface area (Å²) in [5, 5.41) is 26.3. The fraction of sp³-hybridized carbons (Fsp3) is 0.682. The molecule has 0 spiro atoms. The molecule has 49 heavy (non-hydrogen) atoms. The molecule has 2 aromatic heterocycles. The number of phosphoric acid groups is 3. The molecule has 7 atom stereocenters. The fourth-order valence-electron chi connectivity index (χ4n) is 4.23. The Morgan fingerprint density at radius 3 is 2.43 bits per heavy atom. The molecule has 23 nitrogen and oxygen atoms in total. The average molecular weight is 782 g/mol. The van der Waals surface area contributed by atoms with Gasteiger partial charge < -0.3 is 50.9 Å². The molecule has 1 aliphatic rings. The molecule has 0 aliphatic carbocycles. The van der Waals surface area contributed by atoms with Crippen molar-refractivity contribution in [2.75, 3.05) is 44.0 Å². The van der Waals surface area contributed by atoms with Crippen molar-refractivity contribution in [3.8, 4) is 0 Å². The molecular weight excluding hydrogens is 743 g/mol. The average Bonchev–Trinajstić information content (AvgIpc) is 3.55. The van der Waals surface area contributed by atoms with Crippen LogP contribution in [0.5, 0.6) is 0 Å². The molecule has 1 fully saturated rings. The highest BCUT2D eigenvalue weighted by Gasteiger charge is 2.50. The summed E-state index contributed by atoms with van der Waals surface area (Å²) >= 11 is 1.53. The predicted octanol–water partition coefficient (Wildman–Crippen LogP) is -1.23. The highest BCUT2D eigenvalue weighted by molar-refractivity contribution is 7.98. The molecular formula is C22H38N7O16P3S. The number of hydrogen-bond donors (Lipinski definition) is 9. The highest BCUT2D eigenvalue weighted by atomic mass is 32.2. The number of carbonyl (C=O) groups is 2. The summed E-state index contributed by atoms with van der Waals surface area (Å²) in [5.74, 6) is -0.590. The minimum absolute atomic E-state index is 0.0345. The smallest absolute Gasteiger partial charge is 0.386 e. The number of nitrogens with one attached hydrogen (secondary N) is 2. The van der Waals surface area contributed by atoms with Gasteiger partial charge in [0.2, 0.25) is 11.8 Å². The number of fused-ring (bicyclic) bond motifs is 1. The van der Waals surface area contributed by atoms with E-state index in [1.165, 1.54) is 25.6 Å². The number of anilines is 1. The number of amides is 2. The van der Waals surface area contributed by atoms with Crippen LogP contribution in [0.4, 0.5) is 5.82 Å². The topological polar surface area (TPSA) is 347 Å². The Hall–Kier alpha value is -2.11. The number of thioether (sulfide) groups is 1. The van der Waals surface area contributed by atoms with E-state index in [4.69, 9.17) is 19.5 Å². The summed E-state index contributed by atoms with van der Waals surface area (Å²) in [4.78, 5) is 74.9. The molecule has 3 rings (SSSR count). The highest BCUT2D eigenvalue weighted by Crippen LogP contribution is 2.61. The second kappa shape index (κ2) is 16.9. The van der Waals surface area contributed by atoms with Crippen molar-refractivity contribution in [3.63, 3.8) is 0 Å². The zero-order chi connectivity index (χ0) is 36.8. The molecule has 27 heteroatoms. The lowest BCUT2D eigenvalue weighted by molar-refractivity contribution is -0.137. The number of rotatable bonds is 19. The zero-order valence-corrected chi connectivity index (χ0v) is 29.7. The minimum atomic E-state index is -5.54. The van der Waals surface area contributed by atoms with Crippen molar-refractivity contribution in [1.29, 1.82) is 0 Å². The van der Waals surface area contributed by atoms with Gasteiger partial charge in [-0.3, -0.25) is 27.7 Å². The Morgan fingerprint density at radius 1 is 1.10 bits per heavy atom. The molecule has 278 valence electrons. The van der Waals surface area contributed by atoms with Crippen LogP contribution in [0.15, 0.2) is 12.7 Å². The van der Waals surface area contributed by atoms with Crippen LogP contribution in [0.25, 0.3) is 11.2 Å². The minimum Gasteiger partial charge on any atom is -0.386 e. The second-order valence-electron chi connectivity index (χ2n) is 11.1. The van der Waals surface area contributed by atoms with Gasteiger partial charge in [-0.1, -0.05) is 13.8 Å². The molecule has 3 heterocycles. The van der Waals surface area contributed by atoms with Crippen LogP contribution in [0.3, 0.4) is 0 Å². The third-order valence-electron chi connectivity index (χ3n) is 6.71. The van der Waals surface area contributed by atoms with E-state index < -0.39 is 78.6 Å². The number of aliphatic hydroxyl groups excluding tert-OH is 2. The van der Waals surface area contributed by atoms with Crippen LogP contribution in [-0.2, 0) is 45.9 Å². The van der Waals surface area contributed by atoms with E-state index in [9.17, 15) is 53.1 Å². The molecule has 0 bridgehead atoms. The normalized spacial score (nSPS) is 23.1. The van der Waals surface area contributed by atoms with Crippen LogP contribution < -0.4 is 16.4 Å². The molecule has 2 aromatic rings. The number of nitrogen functional groups attached to an aromatic ring is 1. The quantitative estimate of drug-likeness (QED) is 0.0595. The molecule has 0 saturated carbocycles. The monoisotopic (exact) mass is 781 g/mol. The summed E-state index contributed by atoms with van der Waals surface area (Å²) in [6.07, 6.45) is -4.82. The maximum absolute atomic E-state index is 12.6. The number of nitrogens with zero attached hydrogens (tertiary/aromatic N) is 4. The Bertz CT molecular complexity index is 1610. The van der Waals surface area contributed by atoms with Gasteiger partial charge in [0.05, 0.1) is 19.5 Å². The van der Waals surface area contributed by atoms with Gasteiger partial charge in [-0.05, 0) is 6.26 Å². The van der Waals surface area contributed by atoms with Crippen LogP contribution >= 0.6 is 35.2 Å². The first-order valence-corrected chi connectivity index (χ1v) is 20.0. The van der Waals surface area contributed by atoms with Crippen molar-refractivity contribution in [2.45, 2.75) is 50.9 Å². The van der Waals surface area contributed by atoms with Crippen LogP contribution in [0.2, 0.25) is 0 Å². The van der Waals surface area contributed by atoms with Crippen molar-refractivity contribution in [3.05, 3.63) is 12.7 Å². The third-order valence-corrected chi connectivity index (χ3v) is 10.4. The lowest BCUT2D eigenvalue weighted by Crippen LogP contribution is -2.46. The van der Waals surface area contributed by atoms with Crippen LogP contribution in [0.1, 0.15) is 26.5 Å². The second-order valence-corrected chi connectivity index (χ2v) is 16.3. The van der Waals surface area contributed by atoms with Crippen molar-refractivity contribution < 1.29 is 75.7 Å². The van der Waals surface area contributed by atoms with Crippen LogP contribution in [0, 0.1) is 5.41 Å². The number of aliphatic hydroxyl groups is 2. The van der Waals surface area contributed by atoms with Gasteiger partial charge >= 0.3 is 23.5 Å². The SMILES string of the molecule is CSCCNC(=O)CCNC(=O)C(O)C(C)(C)COP(=O)(O)OP(=O)(O)OCC1OC(n2cnc3c(N)ncnc32)C(O)C1OP(=O)(O)O. The van der Waals surface area contributed by atoms with Gasteiger partial charge in [-0.15, -0.1) is 0 Å². The number of phosphoric ester groups is 3. The van der Waals surface area contributed by atoms with Gasteiger partial charge in [0, 0.05) is 30.7 Å². The summed E-state index contributed by atoms with van der Waals surface area (Å²) in [6, 6.07) is 0. The lowest BCUT2D eigenvalue weighted by Gasteiger charge is -2.30. The zero-order valence-electron chi connectivity index (χ0n) is 26.2. The van der Waals surface area contributed by atoms with Gasteiger partial charge in [0.25, 0.3) is 0 Å². The first-order valence-electron chi connectivity index (χ1n) is 14.0. The Morgan fingerprint density at radius 2 is 1.78 bits per heavy atom. The third kappa shape index (κ3) is 12.0. The molecule has 2 amide bonds. The van der Waals surface area contributed by atoms with Crippen molar-refractivity contribution >= 4 is 64.0 Å². The summed E-state index contributed by atoms with van der Waals surface area (Å²) in [5.41, 5.74) is 4.31. The number of nitrogens with two attached hydrogens (primary N) is 1. The first-order chi connectivity index (χ1) is 22.7. The standard InChI is InChI=1S/C22H38N7O16P3S/c1-22(2,17(32)20(33)25-5-4-13(30)24-6-7-49-3)9-42-48(39,40)45-47(37,38)41-8-12-16(44-46(34,35)36)15(31)21(43-12)29-11-28-14-18(23)26-10-27-19(14)29/h10-12,15-17,21,31-32H,4-9H2,1-3H3,(H,24,30)(H,25,33)(H,37,38)(H,39,40)(H2,23,26,27)(H2,34,35,36). The van der Waals surface area contributed by atoms with Crippen molar-refractivity contribution in [1.82, 2.24) is 30.2 Å². The van der Waals surface area contributed by atoms with E-state index in [-0.39, 0.29) is 35.9 Å². The summed E-state index contributed by atoms with van der Waals surface area (Å²) in [7, 11) is -16.3. The molecule has 0 radical (unpaired) electrons. The van der Waals surface area contributed by atoms with Gasteiger partial charge in [-0.2, -0.15) is 16.1 Å². The van der Waals surface area contributed by atoms with E-state index in [0.717, 1.165) is 17.2 Å². The first kappa shape index (κ1) is 41.3. The number of hydrogen-bond acceptors (Lipinski definition) is 17. The molecule has 10 N–H and O–H groups in total. The van der Waals surface area contributed by atoms with Gasteiger partial charge in [-0.25, -0.2) is 28.6 Å². The number of imidazole rings is 1. The Kier molecular flexibility index (Phi) is 14.3. The fourth-order valence-corrected chi connectivity index (χ4v) is 7.37. The van der Waals surface area contributed by atoms with E-state index in [0.29, 0.717) is 12.3 Å². The summed E-state index contributed by atoms with van der Waals surface area (Å²) in [6.45, 7) is 0.896. The number of ether oxygens (including phenoxy) is 1. The molecule has 7 unspecified atom stereocenters.